The lowest BCUT2D eigenvalue weighted by Crippen LogP contribution is -2.37. The van der Waals surface area contributed by atoms with Gasteiger partial charge in [-0.15, -0.1) is 0 Å². The molecule has 0 saturated carbocycles. The van der Waals surface area contributed by atoms with Gasteiger partial charge in [0, 0.05) is 26.2 Å². The Bertz CT molecular complexity index is 981. The highest BCUT2D eigenvalue weighted by molar-refractivity contribution is 5.76. The van der Waals surface area contributed by atoms with Crippen molar-refractivity contribution in [3.63, 3.8) is 0 Å². The highest BCUT2D eigenvalue weighted by atomic mass is 16.2. The Kier molecular flexibility index (Phi) is 6.52. The molecule has 0 aliphatic rings. The molecule has 0 amide bonds. The summed E-state index contributed by atoms with van der Waals surface area (Å²) in [6, 6.07) is 9.65. The minimum absolute atomic E-state index is 0.315. The second kappa shape index (κ2) is 8.62. The molecule has 2 aromatic heterocycles. The molecule has 0 atom stereocenters. The largest absolute Gasteiger partial charge is 0.332 e. The van der Waals surface area contributed by atoms with Crippen molar-refractivity contribution in [3.8, 4) is 11.4 Å². The molecule has 2 heterocycles. The van der Waals surface area contributed by atoms with Crippen molar-refractivity contribution in [2.24, 2.45) is 14.1 Å². The third kappa shape index (κ3) is 3.62. The standard InChI is InChI=1S/C15H16N4O2.C4H11N/c1-4-19-11-13(17(2)15(21)18(3)14(11)20)16-12(19)10-8-6-5-7-9-10;1-3-5-4-2/h5-9H,4H2,1-3H3;5H,3-4H2,1-2H3. The van der Waals surface area contributed by atoms with E-state index in [1.54, 1.807) is 7.05 Å². The van der Waals surface area contributed by atoms with Crippen LogP contribution in [0, 0.1) is 0 Å². The summed E-state index contributed by atoms with van der Waals surface area (Å²) in [5.41, 5.74) is 1.12. The SMILES string of the molecule is CCNCC.CCn1c(-c2ccccc2)nc2c1c(=O)n(C)c(=O)n2C. The van der Waals surface area contributed by atoms with E-state index in [2.05, 4.69) is 24.1 Å². The van der Waals surface area contributed by atoms with Gasteiger partial charge in [0.25, 0.3) is 5.56 Å². The Hall–Kier alpha value is -2.67. The Labute approximate surface area is 152 Å². The summed E-state index contributed by atoms with van der Waals surface area (Å²) in [5.74, 6) is 0.700. The summed E-state index contributed by atoms with van der Waals surface area (Å²) in [4.78, 5) is 29.0. The van der Waals surface area contributed by atoms with Crippen LogP contribution in [0.25, 0.3) is 22.6 Å². The highest BCUT2D eigenvalue weighted by Crippen LogP contribution is 2.21. The fourth-order valence-corrected chi connectivity index (χ4v) is 2.81. The van der Waals surface area contributed by atoms with E-state index >= 15 is 0 Å². The average Bonchev–Trinajstić information content (AvgIpc) is 3.06. The summed E-state index contributed by atoms with van der Waals surface area (Å²) < 4.78 is 4.38. The molecule has 7 nitrogen and oxygen atoms in total. The average molecular weight is 357 g/mol. The smallest absolute Gasteiger partial charge is 0.318 e. The quantitative estimate of drug-likeness (QED) is 0.772. The molecule has 7 heteroatoms. The van der Waals surface area contributed by atoms with E-state index in [9.17, 15) is 9.59 Å². The van der Waals surface area contributed by atoms with Crippen LogP contribution in [0.15, 0.2) is 39.9 Å². The lowest BCUT2D eigenvalue weighted by atomic mass is 10.2. The number of rotatable bonds is 4. The van der Waals surface area contributed by atoms with Crippen LogP contribution < -0.4 is 16.6 Å². The van der Waals surface area contributed by atoms with Crippen LogP contribution in [0.3, 0.4) is 0 Å². The molecule has 0 radical (unpaired) electrons. The van der Waals surface area contributed by atoms with Gasteiger partial charge < -0.3 is 9.88 Å². The number of nitrogens with zero attached hydrogens (tertiary/aromatic N) is 4. The Balaban J connectivity index is 0.000000431. The third-order valence-electron chi connectivity index (χ3n) is 4.20. The normalized spacial score (nSPS) is 10.7. The van der Waals surface area contributed by atoms with Crippen LogP contribution in [-0.2, 0) is 20.6 Å². The van der Waals surface area contributed by atoms with Gasteiger partial charge in [-0.05, 0) is 20.0 Å². The minimum atomic E-state index is -0.368. The van der Waals surface area contributed by atoms with E-state index in [-0.39, 0.29) is 11.2 Å². The molecular weight excluding hydrogens is 330 g/mol. The molecule has 0 aliphatic carbocycles. The first-order chi connectivity index (χ1) is 12.5. The topological polar surface area (TPSA) is 73.8 Å². The van der Waals surface area contributed by atoms with Crippen LogP contribution in [0.1, 0.15) is 20.8 Å². The van der Waals surface area contributed by atoms with Crippen LogP contribution in [0.2, 0.25) is 0 Å². The van der Waals surface area contributed by atoms with Crippen molar-refractivity contribution >= 4 is 11.2 Å². The predicted molar refractivity (Wildman–Crippen MR) is 106 cm³/mol. The van der Waals surface area contributed by atoms with Gasteiger partial charge in [0.15, 0.2) is 11.2 Å². The summed E-state index contributed by atoms with van der Waals surface area (Å²) in [6.07, 6.45) is 0. The van der Waals surface area contributed by atoms with Gasteiger partial charge in [-0.3, -0.25) is 13.9 Å². The fraction of sp³-hybridized carbons (Fsp3) is 0.421. The van der Waals surface area contributed by atoms with Gasteiger partial charge in [0.05, 0.1) is 0 Å². The zero-order chi connectivity index (χ0) is 19.3. The summed E-state index contributed by atoms with van der Waals surface area (Å²) in [5, 5.41) is 3.11. The summed E-state index contributed by atoms with van der Waals surface area (Å²) in [6.45, 7) is 8.95. The van der Waals surface area contributed by atoms with Crippen LogP contribution in [-0.4, -0.2) is 31.8 Å². The van der Waals surface area contributed by atoms with Crippen LogP contribution in [0.4, 0.5) is 0 Å². The number of hydrogen-bond donors (Lipinski definition) is 1. The van der Waals surface area contributed by atoms with E-state index < -0.39 is 0 Å². The Morgan fingerprint density at radius 3 is 2.08 bits per heavy atom. The fourth-order valence-electron chi connectivity index (χ4n) is 2.81. The number of benzene rings is 1. The van der Waals surface area contributed by atoms with Gasteiger partial charge in [-0.2, -0.15) is 0 Å². The van der Waals surface area contributed by atoms with Crippen LogP contribution >= 0.6 is 0 Å². The van der Waals surface area contributed by atoms with E-state index in [1.165, 1.54) is 11.6 Å². The molecule has 140 valence electrons. The molecule has 3 rings (SSSR count). The predicted octanol–water partition coefficient (Wildman–Crippen LogP) is 1.74. The first-order valence-electron chi connectivity index (χ1n) is 8.90. The van der Waals surface area contributed by atoms with E-state index in [4.69, 9.17) is 0 Å². The molecule has 3 aromatic rings. The van der Waals surface area contributed by atoms with Crippen molar-refractivity contribution in [3.05, 3.63) is 51.2 Å². The number of imidazole rings is 1. The second-order valence-electron chi connectivity index (χ2n) is 5.88. The lowest BCUT2D eigenvalue weighted by molar-refractivity contribution is 0.700. The summed E-state index contributed by atoms with van der Waals surface area (Å²) in [7, 11) is 3.12. The van der Waals surface area contributed by atoms with Gasteiger partial charge in [-0.25, -0.2) is 9.78 Å². The third-order valence-corrected chi connectivity index (χ3v) is 4.20. The number of nitrogens with one attached hydrogen (secondary N) is 1. The molecule has 0 spiro atoms. The Morgan fingerprint density at radius 2 is 1.58 bits per heavy atom. The molecular formula is C19H27N5O2. The monoisotopic (exact) mass is 357 g/mol. The van der Waals surface area contributed by atoms with Crippen molar-refractivity contribution in [2.75, 3.05) is 13.1 Å². The molecule has 0 bridgehead atoms. The summed E-state index contributed by atoms with van der Waals surface area (Å²) >= 11 is 0. The maximum atomic E-state index is 12.4. The maximum absolute atomic E-state index is 12.4. The molecule has 1 aromatic carbocycles. The van der Waals surface area contributed by atoms with Gasteiger partial charge >= 0.3 is 5.69 Å². The molecule has 26 heavy (non-hydrogen) atoms. The maximum Gasteiger partial charge on any atom is 0.332 e. The van der Waals surface area contributed by atoms with Crippen molar-refractivity contribution in [1.29, 1.82) is 0 Å². The van der Waals surface area contributed by atoms with Gasteiger partial charge in [0.1, 0.15) is 5.82 Å². The molecule has 0 fully saturated rings. The number of hydrogen-bond acceptors (Lipinski definition) is 4. The number of aromatic nitrogens is 4. The number of fused-ring (bicyclic) bond motifs is 1. The zero-order valence-electron chi connectivity index (χ0n) is 16.1. The zero-order valence-corrected chi connectivity index (χ0v) is 16.1. The van der Waals surface area contributed by atoms with Crippen molar-refractivity contribution < 1.29 is 0 Å². The first-order valence-corrected chi connectivity index (χ1v) is 8.90. The van der Waals surface area contributed by atoms with E-state index in [0.29, 0.717) is 23.5 Å². The van der Waals surface area contributed by atoms with E-state index in [0.717, 1.165) is 23.2 Å². The van der Waals surface area contributed by atoms with Crippen LogP contribution in [0.5, 0.6) is 0 Å². The van der Waals surface area contributed by atoms with Gasteiger partial charge in [0.2, 0.25) is 0 Å². The second-order valence-corrected chi connectivity index (χ2v) is 5.88. The highest BCUT2D eigenvalue weighted by Gasteiger charge is 2.18. The van der Waals surface area contributed by atoms with Crippen molar-refractivity contribution in [2.45, 2.75) is 27.3 Å². The van der Waals surface area contributed by atoms with E-state index in [1.807, 2.05) is 41.8 Å². The molecule has 0 unspecified atom stereocenters. The minimum Gasteiger partial charge on any atom is -0.318 e. The lowest BCUT2D eigenvalue weighted by Gasteiger charge is -2.06. The Morgan fingerprint density at radius 1 is 0.962 bits per heavy atom. The first kappa shape index (κ1) is 19.7. The van der Waals surface area contributed by atoms with Gasteiger partial charge in [-0.1, -0.05) is 44.2 Å². The molecule has 0 saturated heterocycles. The molecule has 1 N–H and O–H groups in total. The van der Waals surface area contributed by atoms with Crippen molar-refractivity contribution in [1.82, 2.24) is 24.0 Å². The molecule has 0 aliphatic heterocycles. The number of aryl methyl sites for hydroxylation is 2.